The molecule has 0 aliphatic heterocycles. The van der Waals surface area contributed by atoms with Crippen LogP contribution in [0.25, 0.3) is 0 Å². The molecule has 1 aliphatic carbocycles. The molecule has 16 heavy (non-hydrogen) atoms. The molecule has 0 nitrogen and oxygen atoms in total. The van der Waals surface area contributed by atoms with Crippen LogP contribution in [0.1, 0.15) is 38.7 Å². The molecule has 0 saturated heterocycles. The molecule has 2 rings (SSSR count). The largest absolute Gasteiger partial charge is 0.126 e. The minimum Gasteiger partial charge on any atom is -0.126 e. The number of hydrogen-bond donors (Lipinski definition) is 0. The minimum absolute atomic E-state index is 0.329. The van der Waals surface area contributed by atoms with Gasteiger partial charge in [-0.2, -0.15) is 0 Å². The van der Waals surface area contributed by atoms with Crippen LogP contribution in [0.3, 0.4) is 0 Å². The van der Waals surface area contributed by atoms with Crippen molar-refractivity contribution in [3.8, 4) is 0 Å². The molecule has 1 heteroatoms. The molecular formula is C15H21Cl. The maximum atomic E-state index is 6.14. The van der Waals surface area contributed by atoms with E-state index in [0.29, 0.717) is 11.3 Å². The van der Waals surface area contributed by atoms with Gasteiger partial charge >= 0.3 is 0 Å². The predicted molar refractivity (Wildman–Crippen MR) is 71.0 cm³/mol. The second kappa shape index (κ2) is 4.41. The van der Waals surface area contributed by atoms with Gasteiger partial charge < -0.3 is 0 Å². The lowest BCUT2D eigenvalue weighted by atomic mass is 9.78. The number of benzene rings is 1. The summed E-state index contributed by atoms with van der Waals surface area (Å²) < 4.78 is 0. The van der Waals surface area contributed by atoms with E-state index in [0.717, 1.165) is 17.7 Å². The maximum Gasteiger partial charge on any atom is 0.0259 e. The summed E-state index contributed by atoms with van der Waals surface area (Å²) in [4.78, 5) is 0. The van der Waals surface area contributed by atoms with Crippen molar-refractivity contribution in [2.24, 2.45) is 17.3 Å². The van der Waals surface area contributed by atoms with Gasteiger partial charge in [0.05, 0.1) is 0 Å². The number of alkyl halides is 1. The van der Waals surface area contributed by atoms with Crippen molar-refractivity contribution < 1.29 is 0 Å². The summed E-state index contributed by atoms with van der Waals surface area (Å²) in [5.74, 6) is 2.97. The van der Waals surface area contributed by atoms with Crippen LogP contribution in [0.5, 0.6) is 0 Å². The van der Waals surface area contributed by atoms with Crippen LogP contribution >= 0.6 is 11.6 Å². The smallest absolute Gasteiger partial charge is 0.0259 e. The normalized spacial score (nSPS) is 26.5. The molecule has 0 bridgehead atoms. The lowest BCUT2D eigenvalue weighted by Crippen LogP contribution is -2.24. The summed E-state index contributed by atoms with van der Waals surface area (Å²) in [5, 5.41) is 0. The molecule has 0 heterocycles. The molecule has 1 aromatic carbocycles. The van der Waals surface area contributed by atoms with Gasteiger partial charge in [0.25, 0.3) is 0 Å². The Hall–Kier alpha value is -0.490. The van der Waals surface area contributed by atoms with Crippen molar-refractivity contribution in [2.45, 2.75) is 33.1 Å². The molecule has 1 saturated carbocycles. The van der Waals surface area contributed by atoms with Gasteiger partial charge in [-0.05, 0) is 35.2 Å². The van der Waals surface area contributed by atoms with Crippen molar-refractivity contribution in [1.29, 1.82) is 0 Å². The molecule has 0 N–H and O–H groups in total. The molecule has 0 aromatic heterocycles. The fraction of sp³-hybridized carbons (Fsp3) is 0.600. The molecule has 88 valence electrons. The summed E-state index contributed by atoms with van der Waals surface area (Å²) in [7, 11) is 0. The third-order valence-corrected chi connectivity index (χ3v) is 4.20. The number of hydrogen-bond acceptors (Lipinski definition) is 0. The van der Waals surface area contributed by atoms with Gasteiger partial charge in [0.15, 0.2) is 0 Å². The second-order valence-electron chi connectivity index (χ2n) is 6.04. The van der Waals surface area contributed by atoms with Gasteiger partial charge in [-0.15, -0.1) is 11.6 Å². The maximum absolute atomic E-state index is 6.14. The first kappa shape index (κ1) is 12.0. The molecular weight excluding hydrogens is 216 g/mol. The van der Waals surface area contributed by atoms with Gasteiger partial charge in [-0.3, -0.25) is 0 Å². The summed E-state index contributed by atoms with van der Waals surface area (Å²) in [6, 6.07) is 10.9. The standard InChI is InChI=1S/C15H21Cl/c1-15(2,3)14(10-16)13-9-12(13)11-7-5-4-6-8-11/h4-8,12-14H,9-10H2,1-3H3. The Morgan fingerprint density at radius 3 is 2.38 bits per heavy atom. The van der Waals surface area contributed by atoms with Crippen molar-refractivity contribution in [3.05, 3.63) is 35.9 Å². The minimum atomic E-state index is 0.329. The van der Waals surface area contributed by atoms with Crippen LogP contribution in [0.15, 0.2) is 30.3 Å². The SMILES string of the molecule is CC(C)(C)C(CCl)C1CC1c1ccccc1. The van der Waals surface area contributed by atoms with E-state index in [1.165, 1.54) is 12.0 Å². The molecule has 3 atom stereocenters. The van der Waals surface area contributed by atoms with E-state index in [2.05, 4.69) is 51.1 Å². The third kappa shape index (κ3) is 2.43. The topological polar surface area (TPSA) is 0 Å². The van der Waals surface area contributed by atoms with Crippen LogP contribution in [0.2, 0.25) is 0 Å². The fourth-order valence-electron chi connectivity index (χ4n) is 2.73. The Balaban J connectivity index is 2.06. The average molecular weight is 237 g/mol. The van der Waals surface area contributed by atoms with Crippen molar-refractivity contribution >= 4 is 11.6 Å². The Morgan fingerprint density at radius 1 is 1.25 bits per heavy atom. The monoisotopic (exact) mass is 236 g/mol. The number of halogens is 1. The van der Waals surface area contributed by atoms with Crippen LogP contribution in [-0.4, -0.2) is 5.88 Å². The highest BCUT2D eigenvalue weighted by molar-refractivity contribution is 6.18. The predicted octanol–water partition coefficient (Wildman–Crippen LogP) is 4.69. The summed E-state index contributed by atoms with van der Waals surface area (Å²) >= 11 is 6.14. The summed E-state index contributed by atoms with van der Waals surface area (Å²) in [6.07, 6.45) is 1.32. The Kier molecular flexibility index (Phi) is 3.30. The van der Waals surface area contributed by atoms with Crippen molar-refractivity contribution in [2.75, 3.05) is 5.88 Å². The molecule has 0 radical (unpaired) electrons. The van der Waals surface area contributed by atoms with Crippen LogP contribution in [0, 0.1) is 17.3 Å². The van der Waals surface area contributed by atoms with Crippen molar-refractivity contribution in [3.63, 3.8) is 0 Å². The van der Waals surface area contributed by atoms with Gasteiger partial charge in [0.2, 0.25) is 0 Å². The van der Waals surface area contributed by atoms with Crippen LogP contribution < -0.4 is 0 Å². The van der Waals surface area contributed by atoms with Crippen LogP contribution in [-0.2, 0) is 0 Å². The second-order valence-corrected chi connectivity index (χ2v) is 6.35. The Bertz CT molecular complexity index is 336. The van der Waals surface area contributed by atoms with E-state index in [-0.39, 0.29) is 0 Å². The van der Waals surface area contributed by atoms with Gasteiger partial charge in [0, 0.05) is 5.88 Å². The molecule has 0 spiro atoms. The fourth-order valence-corrected chi connectivity index (χ4v) is 3.42. The molecule has 3 unspecified atom stereocenters. The summed E-state index contributed by atoms with van der Waals surface area (Å²) in [6.45, 7) is 6.92. The highest BCUT2D eigenvalue weighted by Crippen LogP contribution is 2.56. The Morgan fingerprint density at radius 2 is 1.88 bits per heavy atom. The zero-order chi connectivity index (χ0) is 11.8. The summed E-state index contributed by atoms with van der Waals surface area (Å²) in [5.41, 5.74) is 1.82. The van der Waals surface area contributed by atoms with Gasteiger partial charge in [-0.25, -0.2) is 0 Å². The van der Waals surface area contributed by atoms with E-state index < -0.39 is 0 Å². The average Bonchev–Trinajstić information content (AvgIpc) is 2.98. The first-order chi connectivity index (χ1) is 7.54. The quantitative estimate of drug-likeness (QED) is 0.668. The molecule has 1 fully saturated rings. The van der Waals surface area contributed by atoms with Gasteiger partial charge in [-0.1, -0.05) is 51.1 Å². The van der Waals surface area contributed by atoms with Crippen LogP contribution in [0.4, 0.5) is 0 Å². The van der Waals surface area contributed by atoms with E-state index in [1.54, 1.807) is 0 Å². The third-order valence-electron chi connectivity index (χ3n) is 3.86. The first-order valence-corrected chi connectivity index (χ1v) is 6.68. The molecule has 1 aliphatic rings. The highest BCUT2D eigenvalue weighted by atomic mass is 35.5. The lowest BCUT2D eigenvalue weighted by molar-refractivity contribution is 0.232. The highest BCUT2D eigenvalue weighted by Gasteiger charge is 2.47. The van der Waals surface area contributed by atoms with E-state index >= 15 is 0 Å². The van der Waals surface area contributed by atoms with Crippen molar-refractivity contribution in [1.82, 2.24) is 0 Å². The number of rotatable bonds is 3. The van der Waals surface area contributed by atoms with E-state index in [4.69, 9.17) is 11.6 Å². The zero-order valence-electron chi connectivity index (χ0n) is 10.4. The Labute approximate surface area is 104 Å². The zero-order valence-corrected chi connectivity index (χ0v) is 11.2. The lowest BCUT2D eigenvalue weighted by Gasteiger charge is -2.29. The molecule has 1 aromatic rings. The first-order valence-electron chi connectivity index (χ1n) is 6.15. The van der Waals surface area contributed by atoms with E-state index in [9.17, 15) is 0 Å². The van der Waals surface area contributed by atoms with Gasteiger partial charge in [0.1, 0.15) is 0 Å². The molecule has 0 amide bonds. The van der Waals surface area contributed by atoms with E-state index in [1.807, 2.05) is 0 Å².